The molecule has 2 unspecified atom stereocenters. The van der Waals surface area contributed by atoms with Gasteiger partial charge >= 0.3 is 0 Å². The van der Waals surface area contributed by atoms with Crippen LogP contribution in [0.2, 0.25) is 0 Å². The predicted octanol–water partition coefficient (Wildman–Crippen LogP) is 2.25. The quantitative estimate of drug-likeness (QED) is 0.767. The van der Waals surface area contributed by atoms with Gasteiger partial charge in [0.2, 0.25) is 0 Å². The summed E-state index contributed by atoms with van der Waals surface area (Å²) in [5.74, 6) is 2.00. The van der Waals surface area contributed by atoms with E-state index in [0.29, 0.717) is 0 Å². The van der Waals surface area contributed by atoms with E-state index in [1.807, 2.05) is 0 Å². The molecule has 0 aromatic rings. The van der Waals surface area contributed by atoms with Gasteiger partial charge in [-0.15, -0.1) is 0 Å². The van der Waals surface area contributed by atoms with Crippen LogP contribution in [0.15, 0.2) is 0 Å². The highest BCUT2D eigenvalue weighted by Gasteiger charge is 2.33. The summed E-state index contributed by atoms with van der Waals surface area (Å²) < 4.78 is 0. The number of rotatable bonds is 5. The van der Waals surface area contributed by atoms with Crippen LogP contribution in [-0.2, 0) is 0 Å². The van der Waals surface area contributed by atoms with Gasteiger partial charge in [0.25, 0.3) is 0 Å². The number of nitrogens with one attached hydrogen (secondary N) is 1. The van der Waals surface area contributed by atoms with Gasteiger partial charge in [0.05, 0.1) is 0 Å². The molecular weight excluding hydrogens is 196 g/mol. The summed E-state index contributed by atoms with van der Waals surface area (Å²) in [6.45, 7) is 6.44. The third-order valence-corrected chi connectivity index (χ3v) is 4.45. The zero-order chi connectivity index (χ0) is 11.0. The minimum Gasteiger partial charge on any atom is -0.310 e. The van der Waals surface area contributed by atoms with E-state index in [4.69, 9.17) is 0 Å². The van der Waals surface area contributed by atoms with Crippen LogP contribution in [0, 0.1) is 11.8 Å². The highest BCUT2D eigenvalue weighted by Crippen LogP contribution is 2.32. The summed E-state index contributed by atoms with van der Waals surface area (Å²) in [5.41, 5.74) is 0. The van der Waals surface area contributed by atoms with Crippen molar-refractivity contribution in [3.05, 3.63) is 0 Å². The van der Waals surface area contributed by atoms with Crippen molar-refractivity contribution in [2.24, 2.45) is 11.8 Å². The average molecular weight is 222 g/mol. The van der Waals surface area contributed by atoms with Crippen LogP contribution in [0.5, 0.6) is 0 Å². The molecular formula is C14H26N2. The SMILES string of the molecule is CCC1CC(NC2CC2)CN(CC2CC2)C1. The van der Waals surface area contributed by atoms with Crippen molar-refractivity contribution >= 4 is 0 Å². The Balaban J connectivity index is 1.51. The smallest absolute Gasteiger partial charge is 0.0200 e. The van der Waals surface area contributed by atoms with Gasteiger partial charge in [-0.3, -0.25) is 0 Å². The summed E-state index contributed by atoms with van der Waals surface area (Å²) >= 11 is 0. The Morgan fingerprint density at radius 2 is 1.81 bits per heavy atom. The van der Waals surface area contributed by atoms with Crippen LogP contribution in [-0.4, -0.2) is 36.6 Å². The van der Waals surface area contributed by atoms with Gasteiger partial charge < -0.3 is 10.2 Å². The molecule has 92 valence electrons. The Morgan fingerprint density at radius 3 is 2.44 bits per heavy atom. The van der Waals surface area contributed by atoms with Gasteiger partial charge in [-0.2, -0.15) is 0 Å². The van der Waals surface area contributed by atoms with Crippen LogP contribution in [0.25, 0.3) is 0 Å². The van der Waals surface area contributed by atoms with E-state index < -0.39 is 0 Å². The Hall–Kier alpha value is -0.0800. The first kappa shape index (κ1) is 11.0. The number of nitrogens with zero attached hydrogens (tertiary/aromatic N) is 1. The highest BCUT2D eigenvalue weighted by atomic mass is 15.2. The number of likely N-dealkylation sites (tertiary alicyclic amines) is 1. The molecule has 1 saturated heterocycles. The molecule has 3 aliphatic rings. The fourth-order valence-electron chi connectivity index (χ4n) is 3.12. The maximum absolute atomic E-state index is 3.84. The van der Waals surface area contributed by atoms with Crippen LogP contribution in [0.3, 0.4) is 0 Å². The molecule has 0 aromatic heterocycles. The molecule has 1 aliphatic heterocycles. The minimum absolute atomic E-state index is 0.796. The van der Waals surface area contributed by atoms with Crippen molar-refractivity contribution in [3.8, 4) is 0 Å². The first-order valence-corrected chi connectivity index (χ1v) is 7.32. The third kappa shape index (κ3) is 2.98. The van der Waals surface area contributed by atoms with Crippen LogP contribution in [0.4, 0.5) is 0 Å². The maximum Gasteiger partial charge on any atom is 0.0200 e. The molecule has 0 spiro atoms. The molecule has 1 N–H and O–H groups in total. The van der Waals surface area contributed by atoms with E-state index in [9.17, 15) is 0 Å². The molecule has 3 fully saturated rings. The second kappa shape index (κ2) is 4.66. The van der Waals surface area contributed by atoms with E-state index in [1.54, 1.807) is 0 Å². The van der Waals surface area contributed by atoms with Crippen molar-refractivity contribution in [2.75, 3.05) is 19.6 Å². The average Bonchev–Trinajstić information content (AvgIpc) is 3.13. The number of hydrogen-bond acceptors (Lipinski definition) is 2. The number of piperidine rings is 1. The van der Waals surface area contributed by atoms with Crippen molar-refractivity contribution < 1.29 is 0 Å². The molecule has 0 radical (unpaired) electrons. The summed E-state index contributed by atoms with van der Waals surface area (Å²) in [5, 5.41) is 3.84. The largest absolute Gasteiger partial charge is 0.310 e. The van der Waals surface area contributed by atoms with Crippen LogP contribution in [0.1, 0.15) is 45.4 Å². The second-order valence-corrected chi connectivity index (χ2v) is 6.31. The normalized spacial score (nSPS) is 36.6. The molecule has 0 aromatic carbocycles. The van der Waals surface area contributed by atoms with Gasteiger partial charge in [0, 0.05) is 31.7 Å². The lowest BCUT2D eigenvalue weighted by molar-refractivity contribution is 0.133. The second-order valence-electron chi connectivity index (χ2n) is 6.31. The standard InChI is InChI=1S/C14H26N2/c1-2-11-7-14(15-13-5-6-13)10-16(8-11)9-12-3-4-12/h11-15H,2-10H2,1H3. The molecule has 1 heterocycles. The van der Waals surface area contributed by atoms with Crippen molar-refractivity contribution in [1.29, 1.82) is 0 Å². The topological polar surface area (TPSA) is 15.3 Å². The maximum atomic E-state index is 3.84. The molecule has 16 heavy (non-hydrogen) atoms. The van der Waals surface area contributed by atoms with Crippen molar-refractivity contribution in [3.63, 3.8) is 0 Å². The molecule has 2 nitrogen and oxygen atoms in total. The predicted molar refractivity (Wildman–Crippen MR) is 67.5 cm³/mol. The van der Waals surface area contributed by atoms with Crippen molar-refractivity contribution in [2.45, 2.75) is 57.5 Å². The first-order chi connectivity index (χ1) is 7.83. The lowest BCUT2D eigenvalue weighted by atomic mass is 9.92. The Morgan fingerprint density at radius 1 is 1.00 bits per heavy atom. The monoisotopic (exact) mass is 222 g/mol. The first-order valence-electron chi connectivity index (χ1n) is 7.32. The Labute approximate surface area is 99.8 Å². The van der Waals surface area contributed by atoms with E-state index in [-0.39, 0.29) is 0 Å². The number of hydrogen-bond donors (Lipinski definition) is 1. The Bertz CT molecular complexity index is 211. The molecule has 0 amide bonds. The molecule has 2 aliphatic carbocycles. The summed E-state index contributed by atoms with van der Waals surface area (Å²) in [6.07, 6.45) is 8.63. The molecule has 2 heteroatoms. The van der Waals surface area contributed by atoms with Gasteiger partial charge in [0.1, 0.15) is 0 Å². The van der Waals surface area contributed by atoms with Gasteiger partial charge in [0.15, 0.2) is 0 Å². The zero-order valence-corrected chi connectivity index (χ0v) is 10.6. The van der Waals surface area contributed by atoms with E-state index in [2.05, 4.69) is 17.1 Å². The lowest BCUT2D eigenvalue weighted by Crippen LogP contribution is -2.50. The third-order valence-electron chi connectivity index (χ3n) is 4.45. The van der Waals surface area contributed by atoms with Crippen LogP contribution < -0.4 is 5.32 Å². The fraction of sp³-hybridized carbons (Fsp3) is 1.00. The fourth-order valence-corrected chi connectivity index (χ4v) is 3.12. The molecule has 2 atom stereocenters. The van der Waals surface area contributed by atoms with E-state index in [0.717, 1.165) is 23.9 Å². The van der Waals surface area contributed by atoms with Crippen LogP contribution >= 0.6 is 0 Å². The van der Waals surface area contributed by atoms with Gasteiger partial charge in [-0.05, 0) is 43.9 Å². The molecule has 2 saturated carbocycles. The molecule has 3 rings (SSSR count). The zero-order valence-electron chi connectivity index (χ0n) is 10.6. The van der Waals surface area contributed by atoms with Crippen molar-refractivity contribution in [1.82, 2.24) is 10.2 Å². The highest BCUT2D eigenvalue weighted by molar-refractivity contribution is 4.91. The minimum atomic E-state index is 0.796. The lowest BCUT2D eigenvalue weighted by Gasteiger charge is -2.38. The summed E-state index contributed by atoms with van der Waals surface area (Å²) in [4.78, 5) is 2.75. The van der Waals surface area contributed by atoms with E-state index in [1.165, 1.54) is 58.2 Å². The van der Waals surface area contributed by atoms with E-state index >= 15 is 0 Å². The molecule has 0 bridgehead atoms. The summed E-state index contributed by atoms with van der Waals surface area (Å²) in [7, 11) is 0. The van der Waals surface area contributed by atoms with Gasteiger partial charge in [-0.1, -0.05) is 13.3 Å². The Kier molecular flexibility index (Phi) is 3.21. The summed E-state index contributed by atoms with van der Waals surface area (Å²) in [6, 6.07) is 1.67. The van der Waals surface area contributed by atoms with Gasteiger partial charge in [-0.25, -0.2) is 0 Å².